The number of halogens is 1. The van der Waals surface area contributed by atoms with Crippen molar-refractivity contribution in [3.05, 3.63) is 29.7 Å². The molecule has 0 amide bonds. The van der Waals surface area contributed by atoms with Gasteiger partial charge < -0.3 is 14.6 Å². The number of fused-ring (bicyclic) bond motifs is 1. The molecule has 0 fully saturated rings. The molecular weight excluding hydrogens is 267 g/mol. The van der Waals surface area contributed by atoms with E-state index >= 15 is 0 Å². The summed E-state index contributed by atoms with van der Waals surface area (Å²) < 4.78 is 23.9. The lowest BCUT2D eigenvalue weighted by atomic mass is 10.1. The van der Waals surface area contributed by atoms with Gasteiger partial charge in [0.05, 0.1) is 31.0 Å². The van der Waals surface area contributed by atoms with Crippen LogP contribution in [0, 0.1) is 5.82 Å². The zero-order valence-electron chi connectivity index (χ0n) is 11.0. The molecule has 0 aliphatic carbocycles. The third kappa shape index (κ3) is 2.67. The number of hydrogen-bond acceptors (Lipinski definition) is 6. The fourth-order valence-corrected chi connectivity index (χ4v) is 1.85. The Morgan fingerprint density at radius 1 is 1.50 bits per heavy atom. The Kier molecular flexibility index (Phi) is 4.09. The quantitative estimate of drug-likeness (QED) is 0.852. The average Bonchev–Trinajstić information content (AvgIpc) is 2.44. The van der Waals surface area contributed by atoms with Crippen molar-refractivity contribution < 1.29 is 23.8 Å². The zero-order valence-corrected chi connectivity index (χ0v) is 11.0. The number of aromatic nitrogens is 2. The van der Waals surface area contributed by atoms with Crippen LogP contribution < -0.4 is 4.74 Å². The van der Waals surface area contributed by atoms with Crippen molar-refractivity contribution >= 4 is 17.0 Å². The van der Waals surface area contributed by atoms with Crippen molar-refractivity contribution in [3.8, 4) is 5.88 Å². The van der Waals surface area contributed by atoms with Gasteiger partial charge in [-0.15, -0.1) is 0 Å². The van der Waals surface area contributed by atoms with E-state index in [0.717, 1.165) is 6.20 Å². The monoisotopic (exact) mass is 280 g/mol. The van der Waals surface area contributed by atoms with E-state index < -0.39 is 24.5 Å². The van der Waals surface area contributed by atoms with Crippen molar-refractivity contribution in [2.24, 2.45) is 0 Å². The largest absolute Gasteiger partial charge is 0.481 e. The van der Waals surface area contributed by atoms with Gasteiger partial charge in [-0.05, 0) is 6.07 Å². The summed E-state index contributed by atoms with van der Waals surface area (Å²) in [6.07, 6.45) is -0.143. The molecule has 0 radical (unpaired) electrons. The van der Waals surface area contributed by atoms with Gasteiger partial charge in [0.25, 0.3) is 0 Å². The molecule has 0 saturated heterocycles. The summed E-state index contributed by atoms with van der Waals surface area (Å²) >= 11 is 0. The van der Waals surface area contributed by atoms with Crippen LogP contribution in [0.4, 0.5) is 4.39 Å². The summed E-state index contributed by atoms with van der Waals surface area (Å²) in [4.78, 5) is 19.0. The summed E-state index contributed by atoms with van der Waals surface area (Å²) in [7, 11) is 1.43. The Balaban J connectivity index is 2.64. The molecule has 0 aliphatic rings. The van der Waals surface area contributed by atoms with E-state index in [1.54, 1.807) is 12.1 Å². The number of hydrogen-bond donors (Lipinski definition) is 1. The van der Waals surface area contributed by atoms with Crippen LogP contribution in [0.3, 0.4) is 0 Å². The van der Waals surface area contributed by atoms with Crippen LogP contribution in [-0.4, -0.2) is 34.8 Å². The highest BCUT2D eigenvalue weighted by Gasteiger charge is 2.23. The van der Waals surface area contributed by atoms with Crippen molar-refractivity contribution in [2.45, 2.75) is 13.0 Å². The number of ether oxygens (including phenoxy) is 2. The summed E-state index contributed by atoms with van der Waals surface area (Å²) in [5.74, 6) is -1.07. The van der Waals surface area contributed by atoms with E-state index in [1.165, 1.54) is 14.0 Å². The summed E-state index contributed by atoms with van der Waals surface area (Å²) in [5.41, 5.74) is 0.573. The van der Waals surface area contributed by atoms with Gasteiger partial charge in [0.1, 0.15) is 5.52 Å². The molecule has 2 rings (SSSR count). The molecule has 0 bridgehead atoms. The Hall–Kier alpha value is -2.28. The van der Waals surface area contributed by atoms with Crippen molar-refractivity contribution in [3.63, 3.8) is 0 Å². The van der Waals surface area contributed by atoms with Crippen LogP contribution in [0.2, 0.25) is 0 Å². The maximum atomic E-state index is 14.0. The summed E-state index contributed by atoms with van der Waals surface area (Å²) in [6, 6.07) is 3.18. The van der Waals surface area contributed by atoms with E-state index in [4.69, 9.17) is 9.47 Å². The molecule has 1 N–H and O–H groups in total. The van der Waals surface area contributed by atoms with Gasteiger partial charge in [0.2, 0.25) is 5.88 Å². The Bertz CT molecular complexity index is 648. The van der Waals surface area contributed by atoms with Crippen LogP contribution in [-0.2, 0) is 9.53 Å². The topological polar surface area (TPSA) is 81.5 Å². The maximum Gasteiger partial charge on any atom is 0.303 e. The Morgan fingerprint density at radius 2 is 2.25 bits per heavy atom. The van der Waals surface area contributed by atoms with Crippen molar-refractivity contribution in [2.75, 3.05) is 13.7 Å². The third-order valence-electron chi connectivity index (χ3n) is 2.68. The summed E-state index contributed by atoms with van der Waals surface area (Å²) in [5, 5.41) is 9.32. The molecule has 2 aromatic heterocycles. The highest BCUT2D eigenvalue weighted by Crippen LogP contribution is 2.28. The van der Waals surface area contributed by atoms with Gasteiger partial charge in [0, 0.05) is 13.0 Å². The number of pyridine rings is 2. The molecule has 20 heavy (non-hydrogen) atoms. The molecule has 0 spiro atoms. The number of rotatable bonds is 4. The van der Waals surface area contributed by atoms with Gasteiger partial charge in [-0.2, -0.15) is 0 Å². The number of aliphatic hydroxyl groups is 1. The second kappa shape index (κ2) is 5.79. The lowest BCUT2D eigenvalue weighted by molar-refractivity contribution is -0.148. The highest BCUT2D eigenvalue weighted by atomic mass is 19.1. The predicted octanol–water partition coefficient (Wildman–Crippen LogP) is 1.37. The number of aliphatic hydroxyl groups excluding tert-OH is 1. The van der Waals surface area contributed by atoms with Crippen LogP contribution in [0.5, 0.6) is 5.88 Å². The number of methoxy groups -OCH3 is 1. The molecule has 1 unspecified atom stereocenters. The van der Waals surface area contributed by atoms with Gasteiger partial charge in [-0.25, -0.2) is 9.37 Å². The molecule has 6 nitrogen and oxygen atoms in total. The van der Waals surface area contributed by atoms with Gasteiger partial charge in [-0.3, -0.25) is 9.78 Å². The molecule has 0 aromatic carbocycles. The second-order valence-corrected chi connectivity index (χ2v) is 4.02. The minimum atomic E-state index is -1.14. The van der Waals surface area contributed by atoms with Crippen molar-refractivity contribution in [1.29, 1.82) is 0 Å². The standard InChI is InChI=1S/C13H13FN2O4/c1-7(18)20-10(6-17)12-8(14)5-15-9-3-4-11(19-2)16-13(9)12/h3-5,10,17H,6H2,1-2H3. The molecular formula is C13H13FN2O4. The molecule has 2 heterocycles. The molecule has 7 heteroatoms. The van der Waals surface area contributed by atoms with E-state index in [-0.39, 0.29) is 17.0 Å². The number of nitrogens with zero attached hydrogens (tertiary/aromatic N) is 2. The molecule has 2 aromatic rings. The fourth-order valence-electron chi connectivity index (χ4n) is 1.85. The lowest BCUT2D eigenvalue weighted by Gasteiger charge is -2.17. The van der Waals surface area contributed by atoms with E-state index in [0.29, 0.717) is 5.52 Å². The number of carbonyl (C=O) groups is 1. The predicted molar refractivity (Wildman–Crippen MR) is 67.6 cm³/mol. The number of carbonyl (C=O) groups excluding carboxylic acids is 1. The first-order valence-corrected chi connectivity index (χ1v) is 5.84. The van der Waals surface area contributed by atoms with E-state index in [1.807, 2.05) is 0 Å². The van der Waals surface area contributed by atoms with Crippen LogP contribution >= 0.6 is 0 Å². The Morgan fingerprint density at radius 3 is 2.85 bits per heavy atom. The fraction of sp³-hybridized carbons (Fsp3) is 0.308. The molecule has 106 valence electrons. The van der Waals surface area contributed by atoms with Gasteiger partial charge >= 0.3 is 5.97 Å². The average molecular weight is 280 g/mol. The van der Waals surface area contributed by atoms with Crippen LogP contribution in [0.1, 0.15) is 18.6 Å². The van der Waals surface area contributed by atoms with Crippen LogP contribution in [0.25, 0.3) is 11.0 Å². The minimum Gasteiger partial charge on any atom is -0.481 e. The molecule has 1 atom stereocenters. The first kappa shape index (κ1) is 14.1. The smallest absolute Gasteiger partial charge is 0.303 e. The van der Waals surface area contributed by atoms with Crippen molar-refractivity contribution in [1.82, 2.24) is 9.97 Å². The SMILES string of the molecule is COc1ccc2ncc(F)c(C(CO)OC(C)=O)c2n1. The lowest BCUT2D eigenvalue weighted by Crippen LogP contribution is -2.15. The third-order valence-corrected chi connectivity index (χ3v) is 2.68. The normalized spacial score (nSPS) is 12.2. The van der Waals surface area contributed by atoms with Gasteiger partial charge in [-0.1, -0.05) is 0 Å². The Labute approximate surface area is 114 Å². The minimum absolute atomic E-state index is 0.0217. The first-order valence-electron chi connectivity index (χ1n) is 5.84. The van der Waals surface area contributed by atoms with Gasteiger partial charge in [0.15, 0.2) is 11.9 Å². The summed E-state index contributed by atoms with van der Waals surface area (Å²) in [6.45, 7) is 0.618. The zero-order chi connectivity index (χ0) is 14.7. The second-order valence-electron chi connectivity index (χ2n) is 4.02. The van der Waals surface area contributed by atoms with E-state index in [9.17, 15) is 14.3 Å². The highest BCUT2D eigenvalue weighted by molar-refractivity contribution is 5.79. The van der Waals surface area contributed by atoms with E-state index in [2.05, 4.69) is 9.97 Å². The molecule has 0 saturated carbocycles. The number of esters is 1. The maximum absolute atomic E-state index is 14.0. The first-order chi connectivity index (χ1) is 9.56. The molecule has 0 aliphatic heterocycles. The van der Waals surface area contributed by atoms with Crippen LogP contribution in [0.15, 0.2) is 18.3 Å².